The molecule has 2 saturated heterocycles. The van der Waals surface area contributed by atoms with Gasteiger partial charge in [-0.2, -0.15) is 4.31 Å². The summed E-state index contributed by atoms with van der Waals surface area (Å²) < 4.78 is 66.4. The fraction of sp³-hybridized carbons (Fsp3) is 0.670. The van der Waals surface area contributed by atoms with E-state index in [4.69, 9.17) is 39.5 Å². The largest absolute Gasteiger partial charge is 0.483 e. The van der Waals surface area contributed by atoms with Crippen LogP contribution in [0.1, 0.15) is 285 Å². The maximum absolute atomic E-state index is 14.2. The molecule has 15 unspecified atom stereocenters. The lowest BCUT2D eigenvalue weighted by molar-refractivity contribution is -0.331. The van der Waals surface area contributed by atoms with E-state index in [9.17, 15) is 87.6 Å². The van der Waals surface area contributed by atoms with E-state index >= 15 is 0 Å². The summed E-state index contributed by atoms with van der Waals surface area (Å²) in [7, 11) is -11.5. The second-order valence-corrected chi connectivity index (χ2v) is 37.8. The molecule has 18 N–H and O–H groups in total. The van der Waals surface area contributed by atoms with Crippen LogP contribution < -0.4 is 48.7 Å². The molecule has 0 saturated carbocycles. The highest BCUT2D eigenvalue weighted by Gasteiger charge is 2.55. The molecule has 2 aliphatic rings. The van der Waals surface area contributed by atoms with Crippen molar-refractivity contribution in [3.8, 4) is 0 Å². The van der Waals surface area contributed by atoms with Crippen molar-refractivity contribution in [2.45, 2.75) is 383 Å². The summed E-state index contributed by atoms with van der Waals surface area (Å²) in [6.45, 7) is 30.3. The number of rotatable bonds is 63. The van der Waals surface area contributed by atoms with Gasteiger partial charge in [0.15, 0.2) is 12.6 Å². The average Bonchev–Trinajstić information content (AvgIpc) is 0.764. The van der Waals surface area contributed by atoms with Crippen molar-refractivity contribution in [3.63, 3.8) is 0 Å². The fourth-order valence-corrected chi connectivity index (χ4v) is 16.2. The Morgan fingerprint density at radius 2 is 0.800 bits per heavy atom. The van der Waals surface area contributed by atoms with E-state index in [2.05, 4.69) is 172 Å². The zero-order valence-corrected chi connectivity index (χ0v) is 81.9. The molecule has 0 aromatic heterocycles. The maximum Gasteiger partial charge on any atom is 0.483 e. The van der Waals surface area contributed by atoms with Crippen molar-refractivity contribution in [1.29, 1.82) is 0 Å². The van der Waals surface area contributed by atoms with Crippen molar-refractivity contribution >= 4 is 68.9 Å². The van der Waals surface area contributed by atoms with Gasteiger partial charge in [-0.3, -0.25) is 52.2 Å². The minimum absolute atomic E-state index is 0.0421. The number of carbonyl (C=O) groups is 9. The number of nitrogens with one attached hydrogen (secondary N) is 7. The van der Waals surface area contributed by atoms with Gasteiger partial charge in [0.1, 0.15) is 85.0 Å². The summed E-state index contributed by atoms with van der Waals surface area (Å²) in [5.74, 6) is -8.88. The van der Waals surface area contributed by atoms with Crippen LogP contribution in [-0.4, -0.2) is 213 Å². The van der Waals surface area contributed by atoms with Gasteiger partial charge in [0.25, 0.3) is 0 Å². The fourth-order valence-electron chi connectivity index (χ4n) is 14.1. The molecular formula is C94H157N9O25P2. The number of carboxylic acids is 1. The van der Waals surface area contributed by atoms with Gasteiger partial charge in [-0.1, -0.05) is 128 Å². The van der Waals surface area contributed by atoms with Crippen LogP contribution in [0, 0.1) is 0 Å². The molecule has 0 radical (unpaired) electrons. The number of carbonyl (C=O) groups excluding carboxylic acids is 8. The van der Waals surface area contributed by atoms with Crippen LogP contribution in [-0.2, 0) is 84.6 Å². The number of hydrogen-bond donors (Lipinski definition) is 16. The molecular weight excluding hydrogens is 1720 g/mol. The number of primary amides is 1. The summed E-state index contributed by atoms with van der Waals surface area (Å²) in [6, 6.07) is -10.6. The van der Waals surface area contributed by atoms with Gasteiger partial charge in [-0.05, 0) is 271 Å². The highest BCUT2D eigenvalue weighted by molar-refractivity contribution is 7.61. The number of aliphatic hydroxyl groups excluding tert-OH is 4. The highest BCUT2D eigenvalue weighted by atomic mass is 31.3. The number of ether oxygens (including phenoxy) is 4. The number of unbranched alkanes of at least 4 members (excludes halogenated alkanes) is 1. The van der Waals surface area contributed by atoms with Crippen LogP contribution >= 0.6 is 15.6 Å². The molecule has 0 bridgehead atoms. The second kappa shape index (κ2) is 63.5. The lowest BCUT2D eigenvalue weighted by Gasteiger charge is -2.49. The molecule has 130 heavy (non-hydrogen) atoms. The first-order valence-corrected chi connectivity index (χ1v) is 48.5. The van der Waals surface area contributed by atoms with Crippen molar-refractivity contribution in [3.05, 3.63) is 128 Å². The van der Waals surface area contributed by atoms with Gasteiger partial charge < -0.3 is 103 Å². The first-order chi connectivity index (χ1) is 61.1. The lowest BCUT2D eigenvalue weighted by atomic mass is 9.94. The quantitative estimate of drug-likeness (QED) is 0.0153. The number of allylic oxidation sites excluding steroid dienone is 21. The van der Waals surface area contributed by atoms with Gasteiger partial charge in [-0.15, -0.1) is 0 Å². The predicted octanol–water partition coefficient (Wildman–Crippen LogP) is 11.8. The number of nitrogens with two attached hydrogens (primary N) is 2. The molecule has 0 spiro atoms. The molecule has 0 aromatic carbocycles. The molecule has 2 rings (SSSR count). The Bertz CT molecular complexity index is 4070. The summed E-state index contributed by atoms with van der Waals surface area (Å²) in [5.41, 5.74) is 26.0. The van der Waals surface area contributed by atoms with Crippen LogP contribution in [0.5, 0.6) is 0 Å². The summed E-state index contributed by atoms with van der Waals surface area (Å²) >= 11 is 0. The molecule has 738 valence electrons. The van der Waals surface area contributed by atoms with Crippen LogP contribution in [0.2, 0.25) is 0 Å². The number of hydrogen-bond acceptors (Lipinski definition) is 23. The van der Waals surface area contributed by atoms with Crippen molar-refractivity contribution in [1.82, 2.24) is 37.2 Å². The summed E-state index contributed by atoms with van der Waals surface area (Å²) in [4.78, 5) is 139. The minimum Gasteiger partial charge on any atom is -0.480 e. The summed E-state index contributed by atoms with van der Waals surface area (Å²) in [6.07, 6.45) is 27.5. The van der Waals surface area contributed by atoms with E-state index in [-0.39, 0.29) is 13.0 Å². The van der Waals surface area contributed by atoms with E-state index < -0.39 is 199 Å². The molecule has 2 fully saturated rings. The standard InChI is InChI=1S/C94H157N9O25P2/c1-59(2)31-21-32-60(3)33-22-34-61(4)35-23-36-62(5)37-24-38-63(6)39-25-40-64(7)41-26-42-65(8)43-27-44-66(9)45-28-46-67(10)47-29-48-68(11)49-30-50-69(12)54-56-122-129(118,119)128-130(120,121)127-94-82(101-75(18)107)86(85(79(58-105)125-94)126-93-81(100-74(17)106)84(110)83(109)78(57-104)124-93)123-73(16)90(114)97-71(14)89(113)103-76(87(96)111)52-53-80(108)102-77(51-19-20-55-95)91(115)98-70(13)88(112)99-72(15)92(116)117/h31,33,35,37,39,41,43,45,47,49,54,70-73,76-79,81-86,93-94,104-105,109-110H,19-30,32,34,36,38,40,42,44,46,48,50-53,55-58,95H2,1-18H3,(H2,96,111)(H,97,114)(H,98,115)(H,99,112)(H,100,106)(H,101,107)(H,102,108)(H,103,113)(H,116,117)(H,118,119)(H,120,121)/b60-33+,61-35+,62-37+,63-39+,64-41+,65-43+,66-45+,67-47+,68-49+,69-54+/t70-,71?,72-,73?,76?,77+,78?,79?,81?,82?,83?,84?,85?,86?,93?,94?/m1/s1. The Labute approximate surface area is 771 Å². The molecule has 34 nitrogen and oxygen atoms in total. The van der Waals surface area contributed by atoms with Crippen molar-refractivity contribution < 1.29 is 120 Å². The van der Waals surface area contributed by atoms with Gasteiger partial charge >= 0.3 is 21.6 Å². The molecule has 8 amide bonds. The van der Waals surface area contributed by atoms with Gasteiger partial charge in [0.05, 0.1) is 19.8 Å². The number of aliphatic carboxylic acids is 1. The van der Waals surface area contributed by atoms with Crippen LogP contribution in [0.15, 0.2) is 128 Å². The Kier molecular flexibility index (Phi) is 57.8. The van der Waals surface area contributed by atoms with E-state index in [1.54, 1.807) is 6.92 Å². The number of aliphatic hydroxyl groups is 4. The number of carboxylic acid groups (broad SMARTS) is 1. The molecule has 0 aromatic rings. The van der Waals surface area contributed by atoms with Gasteiger partial charge in [0.2, 0.25) is 47.3 Å². The topological polar surface area (TPSA) is 530 Å². The first-order valence-electron chi connectivity index (χ1n) is 45.5. The number of amides is 8. The third kappa shape index (κ3) is 50.4. The normalized spacial score (nSPS) is 22.4. The summed E-state index contributed by atoms with van der Waals surface area (Å²) in [5, 5.41) is 68.8. The number of phosphoric acid groups is 2. The van der Waals surface area contributed by atoms with E-state index in [0.717, 1.165) is 149 Å². The van der Waals surface area contributed by atoms with Crippen LogP contribution in [0.3, 0.4) is 0 Å². The van der Waals surface area contributed by atoms with Gasteiger partial charge in [0, 0.05) is 20.3 Å². The smallest absolute Gasteiger partial charge is 0.480 e. The van der Waals surface area contributed by atoms with E-state index in [1.165, 1.54) is 75.7 Å². The molecule has 0 aliphatic carbocycles. The lowest BCUT2D eigenvalue weighted by Crippen LogP contribution is -2.70. The highest BCUT2D eigenvalue weighted by Crippen LogP contribution is 2.61. The monoisotopic (exact) mass is 1870 g/mol. The van der Waals surface area contributed by atoms with Gasteiger partial charge in [-0.25, -0.2) is 9.13 Å². The Hall–Kier alpha value is -7.73. The average molecular weight is 1880 g/mol. The minimum atomic E-state index is -5.94. The second-order valence-electron chi connectivity index (χ2n) is 34.8. The van der Waals surface area contributed by atoms with Crippen LogP contribution in [0.25, 0.3) is 0 Å². The maximum atomic E-state index is 14.2. The molecule has 2 aliphatic heterocycles. The Balaban J connectivity index is 2.08. The van der Waals surface area contributed by atoms with E-state index in [1.807, 2.05) is 6.92 Å². The third-order valence-electron chi connectivity index (χ3n) is 22.1. The Morgan fingerprint density at radius 3 is 1.18 bits per heavy atom. The molecule has 36 heteroatoms. The first kappa shape index (κ1) is 118. The van der Waals surface area contributed by atoms with Crippen molar-refractivity contribution in [2.24, 2.45) is 11.5 Å². The third-order valence-corrected chi connectivity index (χ3v) is 24.7. The van der Waals surface area contributed by atoms with Crippen LogP contribution in [0.4, 0.5) is 0 Å². The zero-order valence-electron chi connectivity index (χ0n) is 80.1. The SMILES string of the molecule is CC(=O)NC1C(OC2C(CO)OC(OP(=O)(O)OP(=O)(O)OC/C=C(\C)CC/C=C(\C)CC/C=C(\C)CC/C=C(\C)CC/C=C(\C)CC/C=C(\C)CC/C=C(\C)CC/C=C(\C)CC/C=C(\C)CC/C=C(\C)CCC=C(C)C)C(NC(C)=O)C2OC(C)C(=O)NC(C)C(=O)NC(CCC(=O)N[C@@H](CCCCN)C(=O)N[C@H](C)C(=O)N[C@H](C)C(=O)O)C(N)=O)OC(CO)C(O)C1O. The molecule has 2 heterocycles. The predicted molar refractivity (Wildman–Crippen MR) is 501 cm³/mol. The van der Waals surface area contributed by atoms with E-state index in [0.29, 0.717) is 25.7 Å². The number of phosphoric ester groups is 2. The van der Waals surface area contributed by atoms with Crippen molar-refractivity contribution in [2.75, 3.05) is 26.4 Å². The molecule has 18 atom stereocenters. The zero-order chi connectivity index (χ0) is 98.0. The Morgan fingerprint density at radius 1 is 0.423 bits per heavy atom.